The van der Waals surface area contributed by atoms with Crippen LogP contribution in [-0.2, 0) is 0 Å². The van der Waals surface area contributed by atoms with Crippen LogP contribution >= 0.6 is 0 Å². The molecule has 0 amide bonds. The SMILES string of the molecule is CC(NCC1CC2CCC(C1)N2C)c1ccc(O)cc1F. The summed E-state index contributed by atoms with van der Waals surface area (Å²) in [6.45, 7) is 2.93. The van der Waals surface area contributed by atoms with Crippen LogP contribution in [0.5, 0.6) is 5.75 Å². The molecule has 0 saturated carbocycles. The van der Waals surface area contributed by atoms with Gasteiger partial charge >= 0.3 is 0 Å². The fourth-order valence-corrected chi connectivity index (χ4v) is 4.01. The summed E-state index contributed by atoms with van der Waals surface area (Å²) in [4.78, 5) is 2.54. The Balaban J connectivity index is 1.55. The van der Waals surface area contributed by atoms with Gasteiger partial charge in [0, 0.05) is 29.8 Å². The van der Waals surface area contributed by atoms with E-state index in [0.717, 1.165) is 18.6 Å². The zero-order valence-electron chi connectivity index (χ0n) is 12.8. The smallest absolute Gasteiger partial charge is 0.131 e. The van der Waals surface area contributed by atoms with E-state index in [9.17, 15) is 9.50 Å². The molecule has 0 aliphatic carbocycles. The molecule has 2 aliphatic rings. The molecule has 116 valence electrons. The Labute approximate surface area is 126 Å². The van der Waals surface area contributed by atoms with Crippen molar-refractivity contribution in [1.29, 1.82) is 0 Å². The average molecular weight is 292 g/mol. The fraction of sp³-hybridized carbons (Fsp3) is 0.647. The minimum Gasteiger partial charge on any atom is -0.508 e. The zero-order valence-corrected chi connectivity index (χ0v) is 12.8. The highest BCUT2D eigenvalue weighted by Crippen LogP contribution is 2.37. The van der Waals surface area contributed by atoms with E-state index < -0.39 is 0 Å². The second kappa shape index (κ2) is 5.93. The molecule has 3 nitrogen and oxygen atoms in total. The molecule has 2 bridgehead atoms. The first-order valence-electron chi connectivity index (χ1n) is 7.98. The zero-order chi connectivity index (χ0) is 15.0. The number of aromatic hydroxyl groups is 1. The summed E-state index contributed by atoms with van der Waals surface area (Å²) in [5.41, 5.74) is 0.628. The van der Waals surface area contributed by atoms with Gasteiger partial charge in [0.2, 0.25) is 0 Å². The summed E-state index contributed by atoms with van der Waals surface area (Å²) in [6.07, 6.45) is 5.18. The summed E-state index contributed by atoms with van der Waals surface area (Å²) < 4.78 is 13.8. The van der Waals surface area contributed by atoms with E-state index in [0.29, 0.717) is 11.5 Å². The lowest BCUT2D eigenvalue weighted by atomic mass is 9.90. The Morgan fingerprint density at radius 2 is 2.00 bits per heavy atom. The van der Waals surface area contributed by atoms with Crippen LogP contribution in [-0.4, -0.2) is 35.7 Å². The summed E-state index contributed by atoms with van der Waals surface area (Å²) in [5, 5.41) is 12.8. The predicted octanol–water partition coefficient (Wildman–Crippen LogP) is 3.05. The molecular formula is C17H25FN2O. The third-order valence-electron chi connectivity index (χ3n) is 5.36. The second-order valence-electron chi connectivity index (χ2n) is 6.72. The topological polar surface area (TPSA) is 35.5 Å². The number of fused-ring (bicyclic) bond motifs is 2. The minimum absolute atomic E-state index is 0.0182. The third-order valence-corrected chi connectivity index (χ3v) is 5.36. The number of hydrogen-bond donors (Lipinski definition) is 2. The lowest BCUT2D eigenvalue weighted by molar-refractivity contribution is 0.131. The maximum absolute atomic E-state index is 13.8. The van der Waals surface area contributed by atoms with Gasteiger partial charge in [0.1, 0.15) is 11.6 Å². The highest BCUT2D eigenvalue weighted by molar-refractivity contribution is 5.29. The molecule has 2 saturated heterocycles. The number of rotatable bonds is 4. The van der Waals surface area contributed by atoms with Crippen molar-refractivity contribution < 1.29 is 9.50 Å². The van der Waals surface area contributed by atoms with Crippen molar-refractivity contribution in [3.63, 3.8) is 0 Å². The monoisotopic (exact) mass is 292 g/mol. The molecule has 2 fully saturated rings. The number of nitrogens with one attached hydrogen (secondary N) is 1. The van der Waals surface area contributed by atoms with Crippen LogP contribution in [0.4, 0.5) is 4.39 Å². The molecule has 4 heteroatoms. The van der Waals surface area contributed by atoms with Crippen LogP contribution in [0.15, 0.2) is 18.2 Å². The van der Waals surface area contributed by atoms with Gasteiger partial charge in [-0.3, -0.25) is 0 Å². The van der Waals surface area contributed by atoms with Crippen LogP contribution in [0.1, 0.15) is 44.2 Å². The molecule has 0 spiro atoms. The van der Waals surface area contributed by atoms with Crippen LogP contribution in [0.3, 0.4) is 0 Å². The first-order chi connectivity index (χ1) is 10.0. The van der Waals surface area contributed by atoms with Gasteiger partial charge in [0.05, 0.1) is 0 Å². The fourth-order valence-electron chi connectivity index (χ4n) is 4.01. The molecule has 2 heterocycles. The molecule has 3 unspecified atom stereocenters. The van der Waals surface area contributed by atoms with Gasteiger partial charge in [0.15, 0.2) is 0 Å². The number of hydrogen-bond acceptors (Lipinski definition) is 3. The van der Waals surface area contributed by atoms with E-state index in [1.165, 1.54) is 31.7 Å². The van der Waals surface area contributed by atoms with Crippen molar-refractivity contribution in [3.05, 3.63) is 29.6 Å². The van der Waals surface area contributed by atoms with Crippen molar-refractivity contribution in [2.75, 3.05) is 13.6 Å². The molecule has 0 aromatic heterocycles. The molecular weight excluding hydrogens is 267 g/mol. The van der Waals surface area contributed by atoms with Crippen LogP contribution in [0, 0.1) is 11.7 Å². The van der Waals surface area contributed by atoms with Crippen molar-refractivity contribution in [1.82, 2.24) is 10.2 Å². The summed E-state index contributed by atoms with van der Waals surface area (Å²) in [5.74, 6) is 0.343. The Morgan fingerprint density at radius 3 is 2.62 bits per heavy atom. The van der Waals surface area contributed by atoms with Gasteiger partial charge in [0.25, 0.3) is 0 Å². The Bertz CT molecular complexity index is 494. The lowest BCUT2D eigenvalue weighted by Crippen LogP contribution is -2.42. The lowest BCUT2D eigenvalue weighted by Gasteiger charge is -2.36. The van der Waals surface area contributed by atoms with E-state index in [1.807, 2.05) is 6.92 Å². The number of nitrogens with zero attached hydrogens (tertiary/aromatic N) is 1. The van der Waals surface area contributed by atoms with Gasteiger partial charge in [-0.1, -0.05) is 6.07 Å². The maximum Gasteiger partial charge on any atom is 0.131 e. The highest BCUT2D eigenvalue weighted by atomic mass is 19.1. The molecule has 1 aromatic carbocycles. The van der Waals surface area contributed by atoms with Crippen molar-refractivity contribution in [3.8, 4) is 5.75 Å². The van der Waals surface area contributed by atoms with Gasteiger partial charge in [-0.2, -0.15) is 0 Å². The van der Waals surface area contributed by atoms with Crippen LogP contribution in [0.25, 0.3) is 0 Å². The molecule has 2 aliphatic heterocycles. The van der Waals surface area contributed by atoms with Crippen molar-refractivity contribution in [2.24, 2.45) is 5.92 Å². The standard InChI is InChI=1S/C17H25FN2O/c1-11(16-6-5-15(21)9-17(16)18)19-10-12-7-13-3-4-14(8-12)20(13)2/h5-6,9,11-14,19,21H,3-4,7-8,10H2,1-2H3. The maximum atomic E-state index is 13.8. The summed E-state index contributed by atoms with van der Waals surface area (Å²) in [7, 11) is 2.25. The van der Waals surface area contributed by atoms with Crippen LogP contribution < -0.4 is 5.32 Å². The Morgan fingerprint density at radius 1 is 1.33 bits per heavy atom. The molecule has 3 rings (SSSR count). The van der Waals surface area contributed by atoms with Gasteiger partial charge in [-0.25, -0.2) is 4.39 Å². The van der Waals surface area contributed by atoms with Gasteiger partial charge in [-0.15, -0.1) is 0 Å². The molecule has 21 heavy (non-hydrogen) atoms. The van der Waals surface area contributed by atoms with Gasteiger partial charge < -0.3 is 15.3 Å². The molecule has 0 radical (unpaired) electrons. The first-order valence-corrected chi connectivity index (χ1v) is 7.98. The number of halogens is 1. The van der Waals surface area contributed by atoms with E-state index in [4.69, 9.17) is 0 Å². The largest absolute Gasteiger partial charge is 0.508 e. The number of phenolic OH excluding ortho intramolecular Hbond substituents is 1. The van der Waals surface area contributed by atoms with Gasteiger partial charge in [-0.05, 0) is 58.2 Å². The quantitative estimate of drug-likeness (QED) is 0.895. The summed E-state index contributed by atoms with van der Waals surface area (Å²) in [6, 6.07) is 5.87. The number of benzene rings is 1. The third kappa shape index (κ3) is 3.06. The van der Waals surface area contributed by atoms with E-state index in [1.54, 1.807) is 12.1 Å². The summed E-state index contributed by atoms with van der Waals surface area (Å²) >= 11 is 0. The molecule has 2 N–H and O–H groups in total. The number of phenols is 1. The van der Waals surface area contributed by atoms with E-state index in [2.05, 4.69) is 17.3 Å². The predicted molar refractivity (Wildman–Crippen MR) is 81.8 cm³/mol. The second-order valence-corrected chi connectivity index (χ2v) is 6.72. The normalized spacial score (nSPS) is 30.5. The first kappa shape index (κ1) is 14.8. The Kier molecular flexibility index (Phi) is 4.18. The van der Waals surface area contributed by atoms with Crippen molar-refractivity contribution in [2.45, 2.75) is 50.7 Å². The van der Waals surface area contributed by atoms with E-state index >= 15 is 0 Å². The number of piperidine rings is 1. The minimum atomic E-state index is -0.335. The molecule has 1 aromatic rings. The Hall–Kier alpha value is -1.13. The highest BCUT2D eigenvalue weighted by Gasteiger charge is 2.38. The average Bonchev–Trinajstić information content (AvgIpc) is 2.67. The van der Waals surface area contributed by atoms with Crippen LogP contribution in [0.2, 0.25) is 0 Å². The molecule has 3 atom stereocenters. The van der Waals surface area contributed by atoms with E-state index in [-0.39, 0.29) is 17.6 Å². The van der Waals surface area contributed by atoms with Crippen molar-refractivity contribution >= 4 is 0 Å².